The van der Waals surface area contributed by atoms with E-state index < -0.39 is 0 Å². The van der Waals surface area contributed by atoms with Gasteiger partial charge >= 0.3 is 0 Å². The van der Waals surface area contributed by atoms with Crippen LogP contribution in [0.25, 0.3) is 0 Å². The third-order valence-corrected chi connectivity index (χ3v) is 3.53. The van der Waals surface area contributed by atoms with Gasteiger partial charge in [0.05, 0.1) is 0 Å². The normalized spacial score (nSPS) is 14.9. The van der Waals surface area contributed by atoms with E-state index in [2.05, 4.69) is 41.3 Å². The quantitative estimate of drug-likeness (QED) is 0.809. The molecule has 98 valence electrons. The first kappa shape index (κ1) is 12.2. The lowest BCUT2D eigenvalue weighted by Gasteiger charge is -2.30. The van der Waals surface area contributed by atoms with Gasteiger partial charge in [0.2, 0.25) is 0 Å². The second kappa shape index (κ2) is 5.89. The van der Waals surface area contributed by atoms with Crippen LogP contribution in [0.2, 0.25) is 0 Å². The highest BCUT2D eigenvalue weighted by Gasteiger charge is 2.13. The summed E-state index contributed by atoms with van der Waals surface area (Å²) >= 11 is 0. The van der Waals surface area contributed by atoms with E-state index >= 15 is 0 Å². The topological polar surface area (TPSA) is 12.5 Å². The summed E-state index contributed by atoms with van der Waals surface area (Å²) in [4.78, 5) is 2.46. The molecule has 0 spiro atoms. The van der Waals surface area contributed by atoms with E-state index in [1.54, 1.807) is 0 Å². The van der Waals surface area contributed by atoms with Gasteiger partial charge in [-0.05, 0) is 42.8 Å². The minimum absolute atomic E-state index is 0.631. The maximum absolute atomic E-state index is 5.78. The number of likely N-dealkylation sites (tertiary alicyclic amines) is 1. The predicted octanol–water partition coefficient (Wildman–Crippen LogP) is 3.47. The number of ether oxygens (including phenoxy) is 1. The molecule has 2 aromatic rings. The minimum Gasteiger partial charge on any atom is -0.489 e. The maximum atomic E-state index is 5.78. The van der Waals surface area contributed by atoms with Crippen molar-refractivity contribution in [2.45, 2.75) is 19.6 Å². The lowest BCUT2D eigenvalue weighted by atomic mass is 10.1. The van der Waals surface area contributed by atoms with E-state index in [0.29, 0.717) is 6.61 Å². The van der Waals surface area contributed by atoms with Crippen molar-refractivity contribution in [3.05, 3.63) is 65.7 Å². The monoisotopic (exact) mass is 253 g/mol. The summed E-state index contributed by atoms with van der Waals surface area (Å²) < 4.78 is 5.78. The van der Waals surface area contributed by atoms with Crippen molar-refractivity contribution in [1.82, 2.24) is 4.90 Å². The summed E-state index contributed by atoms with van der Waals surface area (Å²) in [7, 11) is 0. The van der Waals surface area contributed by atoms with Crippen molar-refractivity contribution in [3.63, 3.8) is 0 Å². The Hall–Kier alpha value is -1.80. The van der Waals surface area contributed by atoms with Gasteiger partial charge in [-0.2, -0.15) is 0 Å². The van der Waals surface area contributed by atoms with Gasteiger partial charge in [0.25, 0.3) is 0 Å². The molecule has 0 bridgehead atoms. The minimum atomic E-state index is 0.631. The SMILES string of the molecule is c1ccc(COc2ccc(CN3CCC3)cc2)cc1. The summed E-state index contributed by atoms with van der Waals surface area (Å²) in [6.45, 7) is 4.18. The molecule has 0 aromatic heterocycles. The lowest BCUT2D eigenvalue weighted by molar-refractivity contribution is 0.172. The fraction of sp³-hybridized carbons (Fsp3) is 0.294. The molecular weight excluding hydrogens is 234 g/mol. The fourth-order valence-corrected chi connectivity index (χ4v) is 2.23. The van der Waals surface area contributed by atoms with Crippen molar-refractivity contribution >= 4 is 0 Å². The fourth-order valence-electron chi connectivity index (χ4n) is 2.23. The average molecular weight is 253 g/mol. The summed E-state index contributed by atoms with van der Waals surface area (Å²) in [6.07, 6.45) is 1.35. The second-order valence-corrected chi connectivity index (χ2v) is 5.05. The molecule has 0 atom stereocenters. The summed E-state index contributed by atoms with van der Waals surface area (Å²) in [6, 6.07) is 18.7. The van der Waals surface area contributed by atoms with Crippen molar-refractivity contribution < 1.29 is 4.74 Å². The van der Waals surface area contributed by atoms with E-state index in [4.69, 9.17) is 4.74 Å². The van der Waals surface area contributed by atoms with Crippen LogP contribution in [0.1, 0.15) is 17.5 Å². The largest absolute Gasteiger partial charge is 0.489 e. The zero-order valence-corrected chi connectivity index (χ0v) is 11.1. The van der Waals surface area contributed by atoms with Crippen LogP contribution in [-0.2, 0) is 13.2 Å². The number of rotatable bonds is 5. The Bertz CT molecular complexity index is 503. The highest BCUT2D eigenvalue weighted by Crippen LogP contribution is 2.17. The van der Waals surface area contributed by atoms with Crippen LogP contribution in [0.3, 0.4) is 0 Å². The molecule has 2 nitrogen and oxygen atoms in total. The van der Waals surface area contributed by atoms with E-state index in [1.165, 1.54) is 30.6 Å². The molecule has 0 amide bonds. The van der Waals surface area contributed by atoms with Crippen LogP contribution in [-0.4, -0.2) is 18.0 Å². The maximum Gasteiger partial charge on any atom is 0.119 e. The van der Waals surface area contributed by atoms with Gasteiger partial charge in [0.15, 0.2) is 0 Å². The molecule has 0 aliphatic carbocycles. The summed E-state index contributed by atoms with van der Waals surface area (Å²) in [5, 5.41) is 0. The molecule has 3 rings (SSSR count). The average Bonchev–Trinajstić information content (AvgIpc) is 2.43. The van der Waals surface area contributed by atoms with Gasteiger partial charge < -0.3 is 4.74 Å². The summed E-state index contributed by atoms with van der Waals surface area (Å²) in [5.74, 6) is 0.941. The molecule has 1 fully saturated rings. The van der Waals surface area contributed by atoms with Crippen LogP contribution in [0, 0.1) is 0 Å². The first-order valence-corrected chi connectivity index (χ1v) is 6.88. The molecule has 1 aliphatic heterocycles. The third-order valence-electron chi connectivity index (χ3n) is 3.53. The van der Waals surface area contributed by atoms with E-state index in [-0.39, 0.29) is 0 Å². The molecule has 19 heavy (non-hydrogen) atoms. The van der Waals surface area contributed by atoms with Crippen molar-refractivity contribution in [2.75, 3.05) is 13.1 Å². The molecule has 0 unspecified atom stereocenters. The van der Waals surface area contributed by atoms with Gasteiger partial charge in [-0.25, -0.2) is 0 Å². The van der Waals surface area contributed by atoms with Gasteiger partial charge in [-0.15, -0.1) is 0 Å². The standard InChI is InChI=1S/C17H19NO/c1-2-5-16(6-3-1)14-19-17-9-7-15(8-10-17)13-18-11-4-12-18/h1-3,5-10H,4,11-14H2. The number of nitrogens with zero attached hydrogens (tertiary/aromatic N) is 1. The van der Waals surface area contributed by atoms with Crippen LogP contribution in [0.15, 0.2) is 54.6 Å². The Morgan fingerprint density at radius 2 is 1.58 bits per heavy atom. The Kier molecular flexibility index (Phi) is 3.80. The molecule has 0 radical (unpaired) electrons. The molecular formula is C17H19NO. The molecule has 1 heterocycles. The Morgan fingerprint density at radius 1 is 0.842 bits per heavy atom. The van der Waals surface area contributed by atoms with E-state index in [9.17, 15) is 0 Å². The first-order valence-electron chi connectivity index (χ1n) is 6.88. The van der Waals surface area contributed by atoms with Gasteiger partial charge in [-0.3, -0.25) is 4.90 Å². The Morgan fingerprint density at radius 3 is 2.21 bits per heavy atom. The first-order chi connectivity index (χ1) is 9.40. The predicted molar refractivity (Wildman–Crippen MR) is 77.1 cm³/mol. The zero-order chi connectivity index (χ0) is 12.9. The third kappa shape index (κ3) is 3.36. The van der Waals surface area contributed by atoms with Crippen LogP contribution in [0.5, 0.6) is 5.75 Å². The molecule has 2 heteroatoms. The number of benzene rings is 2. The van der Waals surface area contributed by atoms with Gasteiger partial charge in [0.1, 0.15) is 12.4 Å². The Labute approximate surface area is 114 Å². The van der Waals surface area contributed by atoms with Crippen LogP contribution in [0.4, 0.5) is 0 Å². The van der Waals surface area contributed by atoms with Crippen LogP contribution >= 0.6 is 0 Å². The number of hydrogen-bond acceptors (Lipinski definition) is 2. The molecule has 1 aliphatic rings. The molecule has 2 aromatic carbocycles. The number of hydrogen-bond donors (Lipinski definition) is 0. The van der Waals surface area contributed by atoms with E-state index in [1.807, 2.05) is 18.2 Å². The van der Waals surface area contributed by atoms with Crippen LogP contribution < -0.4 is 4.74 Å². The summed E-state index contributed by atoms with van der Waals surface area (Å²) in [5.41, 5.74) is 2.57. The molecule has 0 N–H and O–H groups in total. The van der Waals surface area contributed by atoms with Crippen molar-refractivity contribution in [1.29, 1.82) is 0 Å². The zero-order valence-electron chi connectivity index (χ0n) is 11.1. The molecule has 0 saturated carbocycles. The van der Waals surface area contributed by atoms with Crippen molar-refractivity contribution in [3.8, 4) is 5.75 Å². The Balaban J connectivity index is 1.53. The van der Waals surface area contributed by atoms with Gasteiger partial charge in [0, 0.05) is 6.54 Å². The highest BCUT2D eigenvalue weighted by molar-refractivity contribution is 5.28. The van der Waals surface area contributed by atoms with E-state index in [0.717, 1.165) is 12.3 Å². The second-order valence-electron chi connectivity index (χ2n) is 5.05. The van der Waals surface area contributed by atoms with Crippen molar-refractivity contribution in [2.24, 2.45) is 0 Å². The highest BCUT2D eigenvalue weighted by atomic mass is 16.5. The molecule has 1 saturated heterocycles. The smallest absolute Gasteiger partial charge is 0.119 e. The van der Waals surface area contributed by atoms with Gasteiger partial charge in [-0.1, -0.05) is 42.5 Å². The lowest BCUT2D eigenvalue weighted by Crippen LogP contribution is -2.36.